The van der Waals surface area contributed by atoms with Gasteiger partial charge in [-0.05, 0) is 37.1 Å². The summed E-state index contributed by atoms with van der Waals surface area (Å²) in [7, 11) is 0. The van der Waals surface area contributed by atoms with Gasteiger partial charge in [-0.15, -0.1) is 0 Å². The molecule has 1 aromatic heterocycles. The number of hydrogen-bond acceptors (Lipinski definition) is 3. The van der Waals surface area contributed by atoms with E-state index >= 15 is 0 Å². The average Bonchev–Trinajstić information content (AvgIpc) is 2.85. The summed E-state index contributed by atoms with van der Waals surface area (Å²) in [5.41, 5.74) is 3.20. The van der Waals surface area contributed by atoms with Gasteiger partial charge in [-0.25, -0.2) is 0 Å². The third kappa shape index (κ3) is 3.09. The molecule has 1 aromatic carbocycles. The number of aromatic amines is 1. The maximum absolute atomic E-state index is 6.26. The number of hydrogen-bond donors (Lipinski definition) is 2. The Labute approximate surface area is 112 Å². The third-order valence-corrected chi connectivity index (χ3v) is 3.23. The van der Waals surface area contributed by atoms with Crippen LogP contribution in [0.1, 0.15) is 29.8 Å². The van der Waals surface area contributed by atoms with Crippen LogP contribution in [0.15, 0.2) is 24.4 Å². The molecule has 0 aliphatic rings. The normalized spacial score (nSPS) is 12.6. The van der Waals surface area contributed by atoms with E-state index in [9.17, 15) is 0 Å². The van der Waals surface area contributed by atoms with Crippen LogP contribution in [0.3, 0.4) is 0 Å². The van der Waals surface area contributed by atoms with E-state index in [1.165, 1.54) is 5.56 Å². The number of aryl methyl sites for hydroxylation is 1. The minimum atomic E-state index is 0.133. The molecule has 1 atom stereocenters. The molecule has 1 unspecified atom stereocenters. The Bertz CT molecular complexity index is 496. The zero-order chi connectivity index (χ0) is 13.0. The Morgan fingerprint density at radius 3 is 2.89 bits per heavy atom. The highest BCUT2D eigenvalue weighted by Gasteiger charge is 2.15. The number of halogens is 1. The number of nitrogens with zero attached hydrogens (tertiary/aromatic N) is 2. The van der Waals surface area contributed by atoms with Crippen LogP contribution in [0.4, 0.5) is 0 Å². The van der Waals surface area contributed by atoms with Gasteiger partial charge in [-0.1, -0.05) is 30.7 Å². The molecule has 0 amide bonds. The molecule has 18 heavy (non-hydrogen) atoms. The number of H-pyrrole nitrogens is 1. The van der Waals surface area contributed by atoms with Gasteiger partial charge in [-0.2, -0.15) is 15.4 Å². The first-order valence-electron chi connectivity index (χ1n) is 6.04. The van der Waals surface area contributed by atoms with Crippen LogP contribution >= 0.6 is 11.6 Å². The van der Waals surface area contributed by atoms with Gasteiger partial charge in [0.05, 0.1) is 17.9 Å². The van der Waals surface area contributed by atoms with Crippen molar-refractivity contribution in [3.8, 4) is 0 Å². The van der Waals surface area contributed by atoms with Gasteiger partial charge in [0.15, 0.2) is 0 Å². The van der Waals surface area contributed by atoms with Gasteiger partial charge in [0, 0.05) is 5.02 Å². The largest absolute Gasteiger partial charge is 0.309 e. The summed E-state index contributed by atoms with van der Waals surface area (Å²) in [6.45, 7) is 4.99. The summed E-state index contributed by atoms with van der Waals surface area (Å²) in [6.07, 6.45) is 2.55. The van der Waals surface area contributed by atoms with Crippen LogP contribution in [-0.2, 0) is 6.42 Å². The summed E-state index contributed by atoms with van der Waals surface area (Å²) in [4.78, 5) is 0. The highest BCUT2D eigenvalue weighted by atomic mass is 35.5. The topological polar surface area (TPSA) is 53.6 Å². The van der Waals surface area contributed by atoms with Crippen LogP contribution < -0.4 is 5.32 Å². The molecule has 5 heteroatoms. The number of aromatic nitrogens is 3. The monoisotopic (exact) mass is 264 g/mol. The standard InChI is InChI=1S/C13H17ClN4/c1-3-15-12(13-8-16-18-17-13)7-10-5-4-9(2)6-11(10)14/h4-6,8,12,15H,3,7H2,1-2H3,(H,16,17,18). The Hall–Kier alpha value is -1.39. The lowest BCUT2D eigenvalue weighted by molar-refractivity contribution is 0.535. The first kappa shape index (κ1) is 13.1. The molecule has 0 radical (unpaired) electrons. The lowest BCUT2D eigenvalue weighted by atomic mass is 10.0. The van der Waals surface area contributed by atoms with Crippen LogP contribution in [0.25, 0.3) is 0 Å². The Morgan fingerprint density at radius 1 is 1.44 bits per heavy atom. The van der Waals surface area contributed by atoms with Gasteiger partial charge in [-0.3, -0.25) is 0 Å². The smallest absolute Gasteiger partial charge is 0.0997 e. The van der Waals surface area contributed by atoms with Crippen molar-refractivity contribution in [2.24, 2.45) is 0 Å². The molecule has 0 fully saturated rings. The minimum Gasteiger partial charge on any atom is -0.309 e. The zero-order valence-corrected chi connectivity index (χ0v) is 11.3. The summed E-state index contributed by atoms with van der Waals surface area (Å²) in [5.74, 6) is 0. The van der Waals surface area contributed by atoms with E-state index in [0.717, 1.165) is 29.2 Å². The predicted molar refractivity (Wildman–Crippen MR) is 72.7 cm³/mol. The lowest BCUT2D eigenvalue weighted by Gasteiger charge is -2.16. The van der Waals surface area contributed by atoms with Gasteiger partial charge >= 0.3 is 0 Å². The molecular weight excluding hydrogens is 248 g/mol. The summed E-state index contributed by atoms with van der Waals surface area (Å²) < 4.78 is 0. The van der Waals surface area contributed by atoms with Crippen LogP contribution in [0.2, 0.25) is 5.02 Å². The molecule has 0 aliphatic carbocycles. The molecule has 4 nitrogen and oxygen atoms in total. The van der Waals surface area contributed by atoms with Crippen molar-refractivity contribution in [1.82, 2.24) is 20.7 Å². The van der Waals surface area contributed by atoms with Gasteiger partial charge in [0.25, 0.3) is 0 Å². The highest BCUT2D eigenvalue weighted by molar-refractivity contribution is 6.31. The van der Waals surface area contributed by atoms with Gasteiger partial charge in [0.1, 0.15) is 0 Å². The van der Waals surface area contributed by atoms with E-state index < -0.39 is 0 Å². The fourth-order valence-electron chi connectivity index (χ4n) is 1.94. The first-order valence-corrected chi connectivity index (χ1v) is 6.42. The molecule has 2 N–H and O–H groups in total. The molecule has 0 spiro atoms. The van der Waals surface area contributed by atoms with Crippen LogP contribution in [0.5, 0.6) is 0 Å². The number of rotatable bonds is 5. The van der Waals surface area contributed by atoms with Crippen molar-refractivity contribution in [1.29, 1.82) is 0 Å². The summed E-state index contributed by atoms with van der Waals surface area (Å²) >= 11 is 6.26. The van der Waals surface area contributed by atoms with E-state index in [0.29, 0.717) is 0 Å². The fraction of sp³-hybridized carbons (Fsp3) is 0.385. The molecular formula is C13H17ClN4. The summed E-state index contributed by atoms with van der Waals surface area (Å²) in [6, 6.07) is 6.27. The Balaban J connectivity index is 2.18. The molecule has 1 heterocycles. The Kier molecular flexibility index (Phi) is 4.33. The highest BCUT2D eigenvalue weighted by Crippen LogP contribution is 2.23. The lowest BCUT2D eigenvalue weighted by Crippen LogP contribution is -2.23. The third-order valence-electron chi connectivity index (χ3n) is 2.87. The maximum atomic E-state index is 6.26. The molecule has 0 saturated heterocycles. The van der Waals surface area contributed by atoms with Crippen molar-refractivity contribution < 1.29 is 0 Å². The number of nitrogens with one attached hydrogen (secondary N) is 2. The fourth-order valence-corrected chi connectivity index (χ4v) is 2.26. The predicted octanol–water partition coefficient (Wildman–Crippen LogP) is 2.66. The van der Waals surface area contributed by atoms with Gasteiger partial charge in [0.2, 0.25) is 0 Å². The van der Waals surface area contributed by atoms with Gasteiger partial charge < -0.3 is 5.32 Å². The molecule has 96 valence electrons. The van der Waals surface area contributed by atoms with E-state index in [2.05, 4.69) is 39.8 Å². The van der Waals surface area contributed by atoms with E-state index in [1.807, 2.05) is 13.0 Å². The maximum Gasteiger partial charge on any atom is 0.0997 e. The second kappa shape index (κ2) is 5.98. The second-order valence-corrected chi connectivity index (χ2v) is 4.71. The number of likely N-dealkylation sites (N-methyl/N-ethyl adjacent to an activating group) is 1. The van der Waals surface area contributed by atoms with Crippen LogP contribution in [0, 0.1) is 6.92 Å². The number of benzene rings is 1. The Morgan fingerprint density at radius 2 is 2.28 bits per heavy atom. The molecule has 0 aliphatic heterocycles. The summed E-state index contributed by atoms with van der Waals surface area (Å²) in [5, 5.41) is 14.8. The van der Waals surface area contributed by atoms with Crippen molar-refractivity contribution in [3.05, 3.63) is 46.2 Å². The molecule has 2 rings (SSSR count). The van der Waals surface area contributed by atoms with Crippen molar-refractivity contribution >= 4 is 11.6 Å². The van der Waals surface area contributed by atoms with E-state index in [4.69, 9.17) is 11.6 Å². The first-order chi connectivity index (χ1) is 8.70. The molecule has 2 aromatic rings. The van der Waals surface area contributed by atoms with E-state index in [-0.39, 0.29) is 6.04 Å². The molecule has 0 saturated carbocycles. The quantitative estimate of drug-likeness (QED) is 0.873. The van der Waals surface area contributed by atoms with E-state index in [1.54, 1.807) is 6.20 Å². The van der Waals surface area contributed by atoms with Crippen molar-refractivity contribution in [3.63, 3.8) is 0 Å². The average molecular weight is 265 g/mol. The zero-order valence-electron chi connectivity index (χ0n) is 10.6. The van der Waals surface area contributed by atoms with Crippen LogP contribution in [-0.4, -0.2) is 22.0 Å². The minimum absolute atomic E-state index is 0.133. The second-order valence-electron chi connectivity index (χ2n) is 4.30. The van der Waals surface area contributed by atoms with Crippen molar-refractivity contribution in [2.75, 3.05) is 6.54 Å². The molecule has 0 bridgehead atoms. The van der Waals surface area contributed by atoms with Crippen molar-refractivity contribution in [2.45, 2.75) is 26.3 Å². The SMILES string of the molecule is CCNC(Cc1ccc(C)cc1Cl)c1cn[nH]n1.